The number of pyridine rings is 1. The minimum atomic E-state index is -0.502. The summed E-state index contributed by atoms with van der Waals surface area (Å²) in [6, 6.07) is 10.9. The average molecular weight is 518 g/mol. The molecule has 4 aromatic rings. The van der Waals surface area contributed by atoms with Crippen molar-refractivity contribution >= 4 is 27.5 Å². The molecule has 0 amide bonds. The van der Waals surface area contributed by atoms with Crippen LogP contribution < -0.4 is 14.4 Å². The number of likely N-dealkylation sites (N-methyl/N-ethyl adjacent to an activating group) is 1. The second-order valence-corrected chi connectivity index (χ2v) is 10.1. The third kappa shape index (κ3) is 4.10. The molecule has 2 aromatic carbocycles. The van der Waals surface area contributed by atoms with Gasteiger partial charge in [-0.15, -0.1) is 0 Å². The molecule has 198 valence electrons. The molecule has 0 radical (unpaired) electrons. The number of aryl methyl sites for hydroxylation is 1. The number of fused-ring (bicyclic) bond motifs is 4. The van der Waals surface area contributed by atoms with Crippen molar-refractivity contribution in [2.75, 3.05) is 46.0 Å². The molecule has 0 N–H and O–H groups in total. The number of rotatable bonds is 7. The Balaban J connectivity index is 1.54. The molecular formula is C29H32FN5O3. The molecule has 2 atom stereocenters. The van der Waals surface area contributed by atoms with Crippen molar-refractivity contribution in [3.05, 3.63) is 47.9 Å². The summed E-state index contributed by atoms with van der Waals surface area (Å²) in [6.45, 7) is 3.84. The molecule has 2 aliphatic heterocycles. The number of ether oxygens (including phenoxy) is 3. The summed E-state index contributed by atoms with van der Waals surface area (Å²) in [5.41, 5.74) is 2.18. The lowest BCUT2D eigenvalue weighted by Gasteiger charge is -2.39. The number of benzene rings is 2. The number of hydrogen-bond donors (Lipinski definition) is 0. The maximum absolute atomic E-state index is 16.5. The Morgan fingerprint density at radius 3 is 2.58 bits per heavy atom. The lowest BCUT2D eigenvalue weighted by Crippen LogP contribution is -2.52. The van der Waals surface area contributed by atoms with Gasteiger partial charge in [-0.25, -0.2) is 4.39 Å². The largest absolute Gasteiger partial charge is 0.468 e. The van der Waals surface area contributed by atoms with Crippen molar-refractivity contribution in [2.45, 2.75) is 38.3 Å². The van der Waals surface area contributed by atoms with E-state index in [0.29, 0.717) is 34.6 Å². The first kappa shape index (κ1) is 24.8. The van der Waals surface area contributed by atoms with E-state index in [1.807, 2.05) is 24.3 Å². The van der Waals surface area contributed by atoms with Crippen LogP contribution in [0.15, 0.2) is 36.5 Å². The predicted octanol–water partition coefficient (Wildman–Crippen LogP) is 4.82. The number of hydrogen-bond acceptors (Lipinski definition) is 8. The first-order valence-corrected chi connectivity index (χ1v) is 13.1. The summed E-state index contributed by atoms with van der Waals surface area (Å²) in [5.74, 6) is 0.751. The van der Waals surface area contributed by atoms with Crippen molar-refractivity contribution < 1.29 is 18.6 Å². The summed E-state index contributed by atoms with van der Waals surface area (Å²) in [6.07, 6.45) is 4.81. The number of nitrogens with zero attached hydrogens (tertiary/aromatic N) is 5. The van der Waals surface area contributed by atoms with E-state index in [-0.39, 0.29) is 24.0 Å². The second kappa shape index (κ2) is 9.96. The monoisotopic (exact) mass is 517 g/mol. The third-order valence-electron chi connectivity index (χ3n) is 7.99. The molecule has 2 bridgehead atoms. The maximum atomic E-state index is 16.5. The van der Waals surface area contributed by atoms with Gasteiger partial charge in [0.1, 0.15) is 22.8 Å². The average Bonchev–Trinajstić information content (AvgIpc) is 3.14. The Hall–Kier alpha value is -3.56. The van der Waals surface area contributed by atoms with E-state index in [4.69, 9.17) is 14.2 Å². The summed E-state index contributed by atoms with van der Waals surface area (Å²) in [7, 11) is 5.26. The van der Waals surface area contributed by atoms with Gasteiger partial charge in [-0.2, -0.15) is 9.97 Å². The van der Waals surface area contributed by atoms with E-state index in [1.165, 1.54) is 7.11 Å². The van der Waals surface area contributed by atoms with Crippen LogP contribution in [0.2, 0.25) is 0 Å². The van der Waals surface area contributed by atoms with Gasteiger partial charge in [-0.3, -0.25) is 9.88 Å². The van der Waals surface area contributed by atoms with Gasteiger partial charge in [0.15, 0.2) is 12.6 Å². The zero-order chi connectivity index (χ0) is 26.4. The Morgan fingerprint density at radius 1 is 1.08 bits per heavy atom. The van der Waals surface area contributed by atoms with Crippen molar-refractivity contribution in [3.8, 4) is 23.0 Å². The molecule has 8 nitrogen and oxygen atoms in total. The summed E-state index contributed by atoms with van der Waals surface area (Å²) in [5, 5.41) is 2.48. The maximum Gasteiger partial charge on any atom is 0.318 e. The van der Waals surface area contributed by atoms with E-state index in [1.54, 1.807) is 13.3 Å². The topological polar surface area (TPSA) is 72.8 Å². The Morgan fingerprint density at radius 2 is 1.87 bits per heavy atom. The van der Waals surface area contributed by atoms with Crippen molar-refractivity contribution in [2.24, 2.45) is 0 Å². The van der Waals surface area contributed by atoms with Gasteiger partial charge in [0.2, 0.25) is 0 Å². The highest BCUT2D eigenvalue weighted by molar-refractivity contribution is 6.01. The molecule has 2 aliphatic rings. The van der Waals surface area contributed by atoms with Gasteiger partial charge in [0, 0.05) is 44.0 Å². The van der Waals surface area contributed by atoms with Crippen LogP contribution in [-0.2, 0) is 11.2 Å². The highest BCUT2D eigenvalue weighted by atomic mass is 19.1. The van der Waals surface area contributed by atoms with Crippen molar-refractivity contribution in [1.82, 2.24) is 19.9 Å². The Bertz CT molecular complexity index is 1500. The van der Waals surface area contributed by atoms with Gasteiger partial charge in [0.25, 0.3) is 0 Å². The summed E-state index contributed by atoms with van der Waals surface area (Å²) >= 11 is 0. The Labute approximate surface area is 221 Å². The number of aromatic nitrogens is 3. The fourth-order valence-electron chi connectivity index (χ4n) is 6.00. The van der Waals surface area contributed by atoms with Crippen LogP contribution in [0.4, 0.5) is 10.2 Å². The van der Waals surface area contributed by atoms with E-state index in [9.17, 15) is 0 Å². The second-order valence-electron chi connectivity index (χ2n) is 10.1. The number of methoxy groups -OCH3 is 2. The highest BCUT2D eigenvalue weighted by Gasteiger charge is 2.38. The predicted molar refractivity (Wildman–Crippen MR) is 145 cm³/mol. The molecular weight excluding hydrogens is 485 g/mol. The molecule has 2 unspecified atom stereocenters. The quantitative estimate of drug-likeness (QED) is 0.323. The molecule has 2 saturated heterocycles. The van der Waals surface area contributed by atoms with Gasteiger partial charge >= 0.3 is 6.01 Å². The van der Waals surface area contributed by atoms with Gasteiger partial charge < -0.3 is 19.1 Å². The first-order chi connectivity index (χ1) is 18.5. The first-order valence-electron chi connectivity index (χ1n) is 13.1. The molecule has 2 fully saturated rings. The Kier molecular flexibility index (Phi) is 6.49. The number of piperazine rings is 1. The molecule has 4 heterocycles. The van der Waals surface area contributed by atoms with Crippen molar-refractivity contribution in [3.63, 3.8) is 0 Å². The molecule has 6 rings (SSSR count). The smallest absolute Gasteiger partial charge is 0.318 e. The van der Waals surface area contributed by atoms with E-state index >= 15 is 4.39 Å². The van der Waals surface area contributed by atoms with Gasteiger partial charge in [-0.1, -0.05) is 25.1 Å². The standard InChI is InChI=1S/C29H32FN5O3/c1-5-17-7-6-8-18-11-21(38-16-36-3)12-22(24(17)18)26-25(30)27-23(13-31-26)28(33-29(32-27)37-4)35-14-19-9-10-20(15-35)34(19)2/h6-8,11-13,19-20H,5,9-10,14-16H2,1-4H3. The molecule has 0 saturated carbocycles. The molecule has 0 aliphatic carbocycles. The lowest BCUT2D eigenvalue weighted by atomic mass is 9.95. The van der Waals surface area contributed by atoms with Crippen LogP contribution >= 0.6 is 0 Å². The van der Waals surface area contributed by atoms with E-state index < -0.39 is 5.82 Å². The van der Waals surface area contributed by atoms with Gasteiger partial charge in [0.05, 0.1) is 12.5 Å². The minimum Gasteiger partial charge on any atom is -0.468 e. The zero-order valence-electron chi connectivity index (χ0n) is 22.2. The lowest BCUT2D eigenvalue weighted by molar-refractivity contribution is 0.0512. The van der Waals surface area contributed by atoms with Crippen LogP contribution in [0.3, 0.4) is 0 Å². The molecule has 9 heteroatoms. The van der Waals surface area contributed by atoms with E-state index in [2.05, 4.69) is 44.8 Å². The fourth-order valence-corrected chi connectivity index (χ4v) is 6.00. The number of halogens is 1. The van der Waals surface area contributed by atoms with Crippen molar-refractivity contribution in [1.29, 1.82) is 0 Å². The van der Waals surface area contributed by atoms with Gasteiger partial charge in [-0.05, 0) is 54.8 Å². The highest BCUT2D eigenvalue weighted by Crippen LogP contribution is 2.39. The summed E-state index contributed by atoms with van der Waals surface area (Å²) in [4.78, 5) is 18.5. The fraction of sp³-hybridized carbons (Fsp3) is 0.414. The van der Waals surface area contributed by atoms with Crippen LogP contribution in [0.5, 0.6) is 11.8 Å². The third-order valence-corrected chi connectivity index (χ3v) is 7.99. The molecule has 0 spiro atoms. The van der Waals surface area contributed by atoms with Crippen LogP contribution in [0, 0.1) is 5.82 Å². The van der Waals surface area contributed by atoms with E-state index in [0.717, 1.165) is 48.7 Å². The zero-order valence-corrected chi connectivity index (χ0v) is 22.2. The van der Waals surface area contributed by atoms with Crippen LogP contribution in [0.1, 0.15) is 25.3 Å². The number of anilines is 1. The summed E-state index contributed by atoms with van der Waals surface area (Å²) < 4.78 is 32.8. The normalized spacial score (nSPS) is 19.4. The SMILES string of the molecule is CCc1cccc2cc(OCOC)cc(-c3ncc4c(N5CC6CCC(C5)N6C)nc(OC)nc4c3F)c12. The van der Waals surface area contributed by atoms with Crippen LogP contribution in [-0.4, -0.2) is 73.1 Å². The molecule has 2 aromatic heterocycles. The minimum absolute atomic E-state index is 0.0901. The van der Waals surface area contributed by atoms with Crippen LogP contribution in [0.25, 0.3) is 32.9 Å². The molecule has 38 heavy (non-hydrogen) atoms.